The van der Waals surface area contributed by atoms with Crippen LogP contribution in [0.5, 0.6) is 0 Å². The summed E-state index contributed by atoms with van der Waals surface area (Å²) in [7, 11) is 0. The van der Waals surface area contributed by atoms with Gasteiger partial charge in [0.05, 0.1) is 18.9 Å². The molecular weight excluding hydrogens is 264 g/mol. The van der Waals surface area contributed by atoms with E-state index in [9.17, 15) is 4.79 Å². The van der Waals surface area contributed by atoms with Crippen LogP contribution in [0.2, 0.25) is 0 Å². The van der Waals surface area contributed by atoms with Crippen LogP contribution < -0.4 is 0 Å². The summed E-state index contributed by atoms with van der Waals surface area (Å²) in [5, 5.41) is 0. The topological polar surface area (TPSA) is 44.1 Å². The number of carbonyl (C=O) groups excluding carboxylic acids is 1. The van der Waals surface area contributed by atoms with Crippen molar-refractivity contribution in [3.63, 3.8) is 0 Å². The summed E-state index contributed by atoms with van der Waals surface area (Å²) in [4.78, 5) is 16.3. The minimum absolute atomic E-state index is 0.138. The molecule has 2 atom stereocenters. The molecule has 0 aliphatic carbocycles. The third-order valence-electron chi connectivity index (χ3n) is 3.49. The summed E-state index contributed by atoms with van der Waals surface area (Å²) in [6.45, 7) is 5.25. The number of rotatable bonds is 7. The summed E-state index contributed by atoms with van der Waals surface area (Å²) in [5.74, 6) is 0.0136. The zero-order chi connectivity index (χ0) is 15.1. The molecule has 0 spiro atoms. The number of esters is 1. The van der Waals surface area contributed by atoms with E-state index < -0.39 is 0 Å². The maximum absolute atomic E-state index is 12.2. The van der Waals surface area contributed by atoms with Gasteiger partial charge in [0.2, 0.25) is 0 Å². The van der Waals surface area contributed by atoms with Crippen LogP contribution >= 0.6 is 0 Å². The lowest BCUT2D eigenvalue weighted by Gasteiger charge is -2.20. The Balaban J connectivity index is 2.06. The summed E-state index contributed by atoms with van der Waals surface area (Å²) in [6, 6.07) is 9.86. The zero-order valence-electron chi connectivity index (χ0n) is 12.6. The Hall–Kier alpha value is -2.10. The van der Waals surface area contributed by atoms with Crippen molar-refractivity contribution in [1.82, 2.24) is 9.55 Å². The first-order valence-corrected chi connectivity index (χ1v) is 7.38. The largest absolute Gasteiger partial charge is 0.466 e. The molecule has 0 amide bonds. The maximum Gasteiger partial charge on any atom is 0.313 e. The SMILES string of the molecule is CCOC(=O)C(CC(C)Cn1ccnc1)c1ccccc1. The highest BCUT2D eigenvalue weighted by molar-refractivity contribution is 5.78. The highest BCUT2D eigenvalue weighted by atomic mass is 16.5. The van der Waals surface area contributed by atoms with Gasteiger partial charge in [-0.1, -0.05) is 37.3 Å². The fourth-order valence-corrected chi connectivity index (χ4v) is 2.53. The van der Waals surface area contributed by atoms with Gasteiger partial charge in [-0.15, -0.1) is 0 Å². The third-order valence-corrected chi connectivity index (χ3v) is 3.49. The van der Waals surface area contributed by atoms with E-state index in [0.29, 0.717) is 12.5 Å². The molecule has 112 valence electrons. The van der Waals surface area contributed by atoms with E-state index in [0.717, 1.165) is 18.5 Å². The molecule has 2 unspecified atom stereocenters. The van der Waals surface area contributed by atoms with Gasteiger partial charge >= 0.3 is 5.97 Å². The van der Waals surface area contributed by atoms with Crippen LogP contribution in [-0.2, 0) is 16.1 Å². The van der Waals surface area contributed by atoms with E-state index in [1.807, 2.05) is 48.0 Å². The van der Waals surface area contributed by atoms with Crippen LogP contribution in [0.4, 0.5) is 0 Å². The number of benzene rings is 1. The van der Waals surface area contributed by atoms with Crippen LogP contribution in [0.1, 0.15) is 31.7 Å². The number of hydrogen-bond acceptors (Lipinski definition) is 3. The van der Waals surface area contributed by atoms with E-state index in [2.05, 4.69) is 11.9 Å². The highest BCUT2D eigenvalue weighted by Crippen LogP contribution is 2.26. The number of ether oxygens (including phenoxy) is 1. The van der Waals surface area contributed by atoms with Crippen molar-refractivity contribution in [1.29, 1.82) is 0 Å². The summed E-state index contributed by atoms with van der Waals surface area (Å²) in [6.07, 6.45) is 6.28. The number of hydrogen-bond donors (Lipinski definition) is 0. The zero-order valence-corrected chi connectivity index (χ0v) is 12.6. The summed E-state index contributed by atoms with van der Waals surface area (Å²) >= 11 is 0. The smallest absolute Gasteiger partial charge is 0.313 e. The van der Waals surface area contributed by atoms with Gasteiger partial charge < -0.3 is 9.30 Å². The molecule has 1 heterocycles. The quantitative estimate of drug-likeness (QED) is 0.734. The first-order chi connectivity index (χ1) is 10.2. The monoisotopic (exact) mass is 286 g/mol. The normalized spacial score (nSPS) is 13.6. The van der Waals surface area contributed by atoms with Gasteiger partial charge in [-0.05, 0) is 24.8 Å². The molecule has 0 radical (unpaired) electrons. The lowest BCUT2D eigenvalue weighted by atomic mass is 9.89. The molecule has 2 rings (SSSR count). The van der Waals surface area contributed by atoms with E-state index in [4.69, 9.17) is 4.74 Å². The standard InChI is InChI=1S/C17H22N2O2/c1-3-21-17(20)16(15-7-5-4-6-8-15)11-14(2)12-19-10-9-18-13-19/h4-10,13-14,16H,3,11-12H2,1-2H3. The van der Waals surface area contributed by atoms with E-state index in [1.54, 1.807) is 12.5 Å². The molecule has 0 fully saturated rings. The second-order valence-corrected chi connectivity index (χ2v) is 5.32. The van der Waals surface area contributed by atoms with Gasteiger partial charge in [0, 0.05) is 18.9 Å². The Kier molecular flexibility index (Phi) is 5.55. The number of nitrogens with zero attached hydrogens (tertiary/aromatic N) is 2. The van der Waals surface area contributed by atoms with Crippen LogP contribution in [-0.4, -0.2) is 22.1 Å². The second-order valence-electron chi connectivity index (χ2n) is 5.32. The third kappa shape index (κ3) is 4.45. The van der Waals surface area contributed by atoms with Gasteiger partial charge in [0.1, 0.15) is 0 Å². The summed E-state index contributed by atoms with van der Waals surface area (Å²) < 4.78 is 7.28. The summed E-state index contributed by atoms with van der Waals surface area (Å²) in [5.41, 5.74) is 1.02. The Morgan fingerprint density at radius 3 is 2.71 bits per heavy atom. The minimum atomic E-state index is -0.204. The van der Waals surface area contributed by atoms with Crippen molar-refractivity contribution in [2.75, 3.05) is 6.61 Å². The fraction of sp³-hybridized carbons (Fsp3) is 0.412. The fourth-order valence-electron chi connectivity index (χ4n) is 2.53. The molecule has 0 bridgehead atoms. The van der Waals surface area contributed by atoms with Crippen molar-refractivity contribution < 1.29 is 9.53 Å². The molecule has 4 heteroatoms. The van der Waals surface area contributed by atoms with Gasteiger partial charge in [-0.2, -0.15) is 0 Å². The van der Waals surface area contributed by atoms with Crippen molar-refractivity contribution >= 4 is 5.97 Å². The van der Waals surface area contributed by atoms with Crippen molar-refractivity contribution in [3.8, 4) is 0 Å². The molecule has 1 aromatic heterocycles. The Labute approximate surface area is 125 Å². The first kappa shape index (κ1) is 15.3. The average molecular weight is 286 g/mol. The van der Waals surface area contributed by atoms with Gasteiger partial charge in [-0.3, -0.25) is 4.79 Å². The van der Waals surface area contributed by atoms with Crippen molar-refractivity contribution in [2.24, 2.45) is 5.92 Å². The number of imidazole rings is 1. The predicted octanol–water partition coefficient (Wildman–Crippen LogP) is 3.26. The predicted molar refractivity (Wildman–Crippen MR) is 81.8 cm³/mol. The van der Waals surface area contributed by atoms with Crippen molar-refractivity contribution in [2.45, 2.75) is 32.7 Å². The van der Waals surface area contributed by atoms with E-state index >= 15 is 0 Å². The van der Waals surface area contributed by atoms with Crippen LogP contribution in [0.25, 0.3) is 0 Å². The van der Waals surface area contributed by atoms with Crippen molar-refractivity contribution in [3.05, 3.63) is 54.6 Å². The Bertz CT molecular complexity index is 537. The molecule has 21 heavy (non-hydrogen) atoms. The average Bonchev–Trinajstić information content (AvgIpc) is 2.98. The lowest BCUT2D eigenvalue weighted by Crippen LogP contribution is -2.20. The lowest BCUT2D eigenvalue weighted by molar-refractivity contribution is -0.145. The number of carbonyl (C=O) groups is 1. The molecule has 0 saturated carbocycles. The van der Waals surface area contributed by atoms with Crippen LogP contribution in [0.3, 0.4) is 0 Å². The Morgan fingerprint density at radius 1 is 1.33 bits per heavy atom. The molecule has 2 aromatic rings. The molecular formula is C17H22N2O2. The molecule has 1 aromatic carbocycles. The van der Waals surface area contributed by atoms with Gasteiger partial charge in [0.15, 0.2) is 0 Å². The van der Waals surface area contributed by atoms with E-state index in [1.165, 1.54) is 0 Å². The number of aromatic nitrogens is 2. The van der Waals surface area contributed by atoms with Crippen LogP contribution in [0.15, 0.2) is 49.1 Å². The molecule has 0 aliphatic heterocycles. The van der Waals surface area contributed by atoms with Gasteiger partial charge in [0.25, 0.3) is 0 Å². The van der Waals surface area contributed by atoms with Crippen LogP contribution in [0, 0.1) is 5.92 Å². The molecule has 0 N–H and O–H groups in total. The first-order valence-electron chi connectivity index (χ1n) is 7.38. The minimum Gasteiger partial charge on any atom is -0.466 e. The second kappa shape index (κ2) is 7.62. The van der Waals surface area contributed by atoms with Gasteiger partial charge in [-0.25, -0.2) is 4.98 Å². The van der Waals surface area contributed by atoms with E-state index in [-0.39, 0.29) is 11.9 Å². The maximum atomic E-state index is 12.2. The molecule has 0 saturated heterocycles. The highest BCUT2D eigenvalue weighted by Gasteiger charge is 2.24. The molecule has 0 aliphatic rings. The molecule has 4 nitrogen and oxygen atoms in total. The Morgan fingerprint density at radius 2 is 2.10 bits per heavy atom.